The SMILES string of the molecule is COc1c(C2CCNCC2)nc2c3c(ccc2c1C(=O)O)CCCC3. The summed E-state index contributed by atoms with van der Waals surface area (Å²) in [6.07, 6.45) is 6.30. The highest BCUT2D eigenvalue weighted by Gasteiger charge is 2.28. The second-order valence-electron chi connectivity index (χ2n) is 7.04. The topological polar surface area (TPSA) is 71.5 Å². The van der Waals surface area contributed by atoms with Gasteiger partial charge in [0.15, 0.2) is 5.75 Å². The zero-order valence-corrected chi connectivity index (χ0v) is 14.6. The van der Waals surface area contributed by atoms with Gasteiger partial charge in [-0.1, -0.05) is 12.1 Å². The number of pyridine rings is 1. The number of hydrogen-bond donors (Lipinski definition) is 2. The Kier molecular flexibility index (Phi) is 4.34. The second kappa shape index (κ2) is 6.64. The molecule has 5 nitrogen and oxygen atoms in total. The van der Waals surface area contributed by atoms with Crippen molar-refractivity contribution in [3.05, 3.63) is 34.5 Å². The first-order chi connectivity index (χ1) is 12.2. The molecule has 0 bridgehead atoms. The highest BCUT2D eigenvalue weighted by molar-refractivity contribution is 6.06. The van der Waals surface area contributed by atoms with Crippen molar-refractivity contribution < 1.29 is 14.6 Å². The number of nitrogens with one attached hydrogen (secondary N) is 1. The van der Waals surface area contributed by atoms with E-state index in [1.165, 1.54) is 17.5 Å². The highest BCUT2D eigenvalue weighted by Crippen LogP contribution is 2.39. The van der Waals surface area contributed by atoms with Gasteiger partial charge in [0.1, 0.15) is 5.56 Å². The molecule has 2 aromatic rings. The van der Waals surface area contributed by atoms with Crippen molar-refractivity contribution in [2.24, 2.45) is 0 Å². The number of carbonyl (C=O) groups is 1. The van der Waals surface area contributed by atoms with Crippen molar-refractivity contribution in [2.45, 2.75) is 44.4 Å². The number of rotatable bonds is 3. The molecular formula is C20H24N2O3. The molecule has 1 aliphatic heterocycles. The van der Waals surface area contributed by atoms with Crippen LogP contribution in [0.3, 0.4) is 0 Å². The third-order valence-electron chi connectivity index (χ3n) is 5.61. The zero-order chi connectivity index (χ0) is 17.4. The number of aromatic nitrogens is 1. The highest BCUT2D eigenvalue weighted by atomic mass is 16.5. The Morgan fingerprint density at radius 1 is 1.24 bits per heavy atom. The molecule has 0 atom stereocenters. The number of ether oxygens (including phenoxy) is 1. The Labute approximate surface area is 147 Å². The Morgan fingerprint density at radius 3 is 2.72 bits per heavy atom. The van der Waals surface area contributed by atoms with Gasteiger partial charge in [0.2, 0.25) is 0 Å². The number of benzene rings is 1. The average molecular weight is 340 g/mol. The van der Waals surface area contributed by atoms with Crippen LogP contribution >= 0.6 is 0 Å². The van der Waals surface area contributed by atoms with E-state index in [2.05, 4.69) is 11.4 Å². The van der Waals surface area contributed by atoms with Crippen molar-refractivity contribution in [2.75, 3.05) is 20.2 Å². The van der Waals surface area contributed by atoms with Crippen molar-refractivity contribution in [1.29, 1.82) is 0 Å². The molecule has 2 heterocycles. The molecule has 4 rings (SSSR count). The van der Waals surface area contributed by atoms with Crippen molar-refractivity contribution in [3.8, 4) is 5.75 Å². The first-order valence-electron chi connectivity index (χ1n) is 9.17. The van der Waals surface area contributed by atoms with E-state index in [9.17, 15) is 9.90 Å². The average Bonchev–Trinajstić information content (AvgIpc) is 2.66. The quantitative estimate of drug-likeness (QED) is 0.897. The zero-order valence-electron chi connectivity index (χ0n) is 14.6. The van der Waals surface area contributed by atoms with Crippen LogP contribution < -0.4 is 10.1 Å². The summed E-state index contributed by atoms with van der Waals surface area (Å²) < 4.78 is 5.58. The fraction of sp³-hybridized carbons (Fsp3) is 0.500. The van der Waals surface area contributed by atoms with E-state index in [1.807, 2.05) is 6.07 Å². The van der Waals surface area contributed by atoms with Gasteiger partial charge in [0.25, 0.3) is 0 Å². The summed E-state index contributed by atoms with van der Waals surface area (Å²) in [5.41, 5.74) is 4.54. The van der Waals surface area contributed by atoms with Gasteiger partial charge in [-0.3, -0.25) is 0 Å². The van der Waals surface area contributed by atoms with Crippen LogP contribution in [0.1, 0.15) is 58.8 Å². The summed E-state index contributed by atoms with van der Waals surface area (Å²) in [5.74, 6) is -0.240. The number of piperidine rings is 1. The van der Waals surface area contributed by atoms with Crippen LogP contribution in [0.5, 0.6) is 5.75 Å². The molecular weight excluding hydrogens is 316 g/mol. The molecule has 5 heteroatoms. The van der Waals surface area contributed by atoms with E-state index in [0.29, 0.717) is 11.1 Å². The van der Waals surface area contributed by atoms with Gasteiger partial charge in [0, 0.05) is 11.3 Å². The van der Waals surface area contributed by atoms with E-state index >= 15 is 0 Å². The van der Waals surface area contributed by atoms with Crippen molar-refractivity contribution in [3.63, 3.8) is 0 Å². The molecule has 0 spiro atoms. The molecule has 1 saturated heterocycles. The van der Waals surface area contributed by atoms with Crippen molar-refractivity contribution >= 4 is 16.9 Å². The maximum Gasteiger partial charge on any atom is 0.340 e. The third kappa shape index (κ3) is 2.76. The van der Waals surface area contributed by atoms with Gasteiger partial charge in [-0.05, 0) is 62.7 Å². The van der Waals surface area contributed by atoms with Crippen LogP contribution in [0, 0.1) is 0 Å². The number of fused-ring (bicyclic) bond motifs is 3. The third-order valence-corrected chi connectivity index (χ3v) is 5.61. The monoisotopic (exact) mass is 340 g/mol. The Bertz CT molecular complexity index is 826. The lowest BCUT2D eigenvalue weighted by Crippen LogP contribution is -2.27. The fourth-order valence-electron chi connectivity index (χ4n) is 4.35. The van der Waals surface area contributed by atoms with Gasteiger partial charge in [-0.2, -0.15) is 0 Å². The van der Waals surface area contributed by atoms with Gasteiger partial charge < -0.3 is 15.2 Å². The molecule has 2 aliphatic rings. The Morgan fingerprint density at radius 2 is 2.00 bits per heavy atom. The van der Waals surface area contributed by atoms with E-state index in [-0.39, 0.29) is 11.5 Å². The minimum atomic E-state index is -0.935. The summed E-state index contributed by atoms with van der Waals surface area (Å²) in [7, 11) is 1.55. The molecule has 2 N–H and O–H groups in total. The molecule has 25 heavy (non-hydrogen) atoms. The Hall–Kier alpha value is -2.14. The smallest absolute Gasteiger partial charge is 0.340 e. The molecule has 132 valence electrons. The van der Waals surface area contributed by atoms with Crippen molar-refractivity contribution in [1.82, 2.24) is 10.3 Å². The fourth-order valence-corrected chi connectivity index (χ4v) is 4.35. The van der Waals surface area contributed by atoms with E-state index in [1.54, 1.807) is 7.11 Å². The maximum atomic E-state index is 12.1. The van der Waals surface area contributed by atoms with E-state index < -0.39 is 5.97 Å². The maximum absolute atomic E-state index is 12.1. The number of nitrogens with zero attached hydrogens (tertiary/aromatic N) is 1. The molecule has 0 amide bonds. The van der Waals surface area contributed by atoms with E-state index in [4.69, 9.17) is 9.72 Å². The number of aromatic carboxylic acids is 1. The first-order valence-corrected chi connectivity index (χ1v) is 9.17. The van der Waals surface area contributed by atoms with Crippen LogP contribution in [0.4, 0.5) is 0 Å². The number of carboxylic acid groups (broad SMARTS) is 1. The van der Waals surface area contributed by atoms with Gasteiger partial charge >= 0.3 is 5.97 Å². The van der Waals surface area contributed by atoms with Gasteiger partial charge in [-0.15, -0.1) is 0 Å². The largest absolute Gasteiger partial charge is 0.494 e. The summed E-state index contributed by atoms with van der Waals surface area (Å²) in [6, 6.07) is 4.00. The van der Waals surface area contributed by atoms with Crippen LogP contribution in [-0.2, 0) is 12.8 Å². The van der Waals surface area contributed by atoms with Crippen LogP contribution in [0.2, 0.25) is 0 Å². The molecule has 1 aromatic heterocycles. The standard InChI is InChI=1S/C20H24N2O3/c1-25-19-16(20(23)24)15-7-6-12-4-2-3-5-14(12)18(15)22-17(19)13-8-10-21-11-9-13/h6-7,13,21H,2-5,8-11H2,1H3,(H,23,24). The van der Waals surface area contributed by atoms with Gasteiger partial charge in [-0.25, -0.2) is 9.78 Å². The first kappa shape index (κ1) is 16.3. The summed E-state index contributed by atoms with van der Waals surface area (Å²) in [5, 5.41) is 14.0. The number of carboxylic acids is 1. The lowest BCUT2D eigenvalue weighted by molar-refractivity contribution is 0.0695. The predicted molar refractivity (Wildman–Crippen MR) is 96.7 cm³/mol. The van der Waals surface area contributed by atoms with Crippen LogP contribution in [0.25, 0.3) is 10.9 Å². The van der Waals surface area contributed by atoms with Crippen LogP contribution in [0.15, 0.2) is 12.1 Å². The summed E-state index contributed by atoms with van der Waals surface area (Å²) in [6.45, 7) is 1.87. The van der Waals surface area contributed by atoms with Crippen LogP contribution in [-0.4, -0.2) is 36.3 Å². The lowest BCUT2D eigenvalue weighted by Gasteiger charge is -2.26. The Balaban J connectivity index is 2.01. The molecule has 0 saturated carbocycles. The summed E-state index contributed by atoms with van der Waals surface area (Å²) >= 11 is 0. The number of hydrogen-bond acceptors (Lipinski definition) is 4. The molecule has 1 fully saturated rings. The number of aryl methyl sites for hydroxylation is 2. The second-order valence-corrected chi connectivity index (χ2v) is 7.04. The molecule has 1 aliphatic carbocycles. The minimum Gasteiger partial charge on any atom is -0.494 e. The van der Waals surface area contributed by atoms with Gasteiger partial charge in [0.05, 0.1) is 18.3 Å². The van der Waals surface area contributed by atoms with E-state index in [0.717, 1.165) is 56.4 Å². The lowest BCUT2D eigenvalue weighted by atomic mass is 9.86. The summed E-state index contributed by atoms with van der Waals surface area (Å²) in [4.78, 5) is 17.1. The normalized spacial score (nSPS) is 18.1. The minimum absolute atomic E-state index is 0.248. The number of methoxy groups -OCH3 is 1. The molecule has 0 unspecified atom stereocenters. The molecule has 0 radical (unpaired) electrons. The molecule has 1 aromatic carbocycles. The predicted octanol–water partition coefficient (Wildman–Crippen LogP) is 3.29.